The highest BCUT2D eigenvalue weighted by atomic mass is 32.1. The molecule has 0 fully saturated rings. The van der Waals surface area contributed by atoms with Crippen LogP contribution in [0.25, 0.3) is 22.4 Å². The number of fused-ring (bicyclic) bond motifs is 1. The number of methoxy groups -OCH3 is 1. The van der Waals surface area contributed by atoms with Crippen molar-refractivity contribution in [2.24, 2.45) is 0 Å². The average molecular weight is 323 g/mol. The van der Waals surface area contributed by atoms with Crippen molar-refractivity contribution in [2.45, 2.75) is 13.8 Å². The lowest BCUT2D eigenvalue weighted by molar-refractivity contribution is 0.0600. The first-order valence-electron chi connectivity index (χ1n) is 7.31. The summed E-state index contributed by atoms with van der Waals surface area (Å²) in [6, 6.07) is 11.6. The number of nitrogens with zero attached hydrogens (tertiary/aromatic N) is 1. The highest BCUT2D eigenvalue weighted by Gasteiger charge is 2.05. The molecule has 0 aliphatic carbocycles. The Bertz CT molecular complexity index is 853. The molecule has 0 atom stereocenters. The van der Waals surface area contributed by atoms with Crippen LogP contribution in [0.1, 0.15) is 32.1 Å². The molecule has 3 nitrogen and oxygen atoms in total. The van der Waals surface area contributed by atoms with E-state index in [9.17, 15) is 4.79 Å². The Morgan fingerprint density at radius 3 is 2.48 bits per heavy atom. The topological polar surface area (TPSA) is 39.2 Å². The third-order valence-corrected chi connectivity index (χ3v) is 4.75. The second-order valence-corrected chi connectivity index (χ2v) is 6.47. The Morgan fingerprint density at radius 1 is 1.09 bits per heavy atom. The van der Waals surface area contributed by atoms with Gasteiger partial charge in [0, 0.05) is 0 Å². The van der Waals surface area contributed by atoms with Crippen molar-refractivity contribution in [1.29, 1.82) is 0 Å². The van der Waals surface area contributed by atoms with Crippen LogP contribution in [-0.2, 0) is 4.74 Å². The highest BCUT2D eigenvalue weighted by molar-refractivity contribution is 7.19. The quantitative estimate of drug-likeness (QED) is 0.646. The first kappa shape index (κ1) is 15.4. The fraction of sp³-hybridized carbons (Fsp3) is 0.158. The minimum atomic E-state index is -0.322. The van der Waals surface area contributed by atoms with Crippen molar-refractivity contribution in [2.75, 3.05) is 7.11 Å². The molecule has 23 heavy (non-hydrogen) atoms. The second kappa shape index (κ2) is 6.34. The van der Waals surface area contributed by atoms with Gasteiger partial charge in [-0.3, -0.25) is 0 Å². The molecule has 0 unspecified atom stereocenters. The van der Waals surface area contributed by atoms with Gasteiger partial charge in [-0.2, -0.15) is 0 Å². The van der Waals surface area contributed by atoms with Crippen LogP contribution < -0.4 is 0 Å². The molecule has 0 aliphatic heterocycles. The summed E-state index contributed by atoms with van der Waals surface area (Å²) < 4.78 is 5.90. The van der Waals surface area contributed by atoms with E-state index >= 15 is 0 Å². The van der Waals surface area contributed by atoms with E-state index in [1.807, 2.05) is 24.3 Å². The number of aryl methyl sites for hydroxylation is 2. The molecule has 2 aromatic carbocycles. The molecule has 0 saturated heterocycles. The minimum absolute atomic E-state index is 0.322. The zero-order valence-corrected chi connectivity index (χ0v) is 14.1. The fourth-order valence-corrected chi connectivity index (χ4v) is 3.23. The molecule has 116 valence electrons. The number of ether oxygens (including phenoxy) is 1. The summed E-state index contributed by atoms with van der Waals surface area (Å²) in [5.74, 6) is -0.322. The summed E-state index contributed by atoms with van der Waals surface area (Å²) in [4.78, 5) is 16.1. The van der Waals surface area contributed by atoms with E-state index in [0.29, 0.717) is 5.56 Å². The van der Waals surface area contributed by atoms with Crippen molar-refractivity contribution >= 4 is 39.7 Å². The summed E-state index contributed by atoms with van der Waals surface area (Å²) in [6.45, 7) is 4.22. The molecule has 0 saturated carbocycles. The molecule has 4 heteroatoms. The van der Waals surface area contributed by atoms with Crippen molar-refractivity contribution in [3.05, 3.63) is 63.7 Å². The Morgan fingerprint density at radius 2 is 1.78 bits per heavy atom. The van der Waals surface area contributed by atoms with Crippen LogP contribution in [-0.4, -0.2) is 18.1 Å². The number of aromatic nitrogens is 1. The van der Waals surface area contributed by atoms with E-state index < -0.39 is 0 Å². The van der Waals surface area contributed by atoms with Crippen molar-refractivity contribution in [3.8, 4) is 0 Å². The van der Waals surface area contributed by atoms with E-state index in [-0.39, 0.29) is 5.97 Å². The lowest BCUT2D eigenvalue weighted by Crippen LogP contribution is -2.00. The van der Waals surface area contributed by atoms with E-state index in [0.717, 1.165) is 16.1 Å². The number of hydrogen-bond acceptors (Lipinski definition) is 4. The average Bonchev–Trinajstić information content (AvgIpc) is 2.95. The SMILES string of the molecule is COC(=O)c1ccc(/C=C/c2nc3cc(C)c(C)cc3s2)cc1. The van der Waals surface area contributed by atoms with Crippen LogP contribution in [0, 0.1) is 13.8 Å². The number of carbonyl (C=O) groups excluding carboxylic acids is 1. The van der Waals surface area contributed by atoms with Gasteiger partial charge in [0.1, 0.15) is 5.01 Å². The van der Waals surface area contributed by atoms with Gasteiger partial charge in [0.2, 0.25) is 0 Å². The lowest BCUT2D eigenvalue weighted by Gasteiger charge is -1.98. The van der Waals surface area contributed by atoms with Gasteiger partial charge in [-0.05, 0) is 60.9 Å². The van der Waals surface area contributed by atoms with E-state index in [1.54, 1.807) is 23.5 Å². The first-order chi connectivity index (χ1) is 11.1. The molecular formula is C19H17NO2S. The summed E-state index contributed by atoms with van der Waals surface area (Å²) in [6.07, 6.45) is 4.00. The van der Waals surface area contributed by atoms with Gasteiger partial charge in [-0.1, -0.05) is 18.2 Å². The zero-order chi connectivity index (χ0) is 16.4. The summed E-state index contributed by atoms with van der Waals surface area (Å²) >= 11 is 1.68. The molecule has 0 spiro atoms. The van der Waals surface area contributed by atoms with E-state index in [4.69, 9.17) is 4.74 Å². The van der Waals surface area contributed by atoms with Crippen LogP contribution in [0.2, 0.25) is 0 Å². The second-order valence-electron chi connectivity index (χ2n) is 5.40. The standard InChI is InChI=1S/C19H17NO2S/c1-12-10-16-17(11-13(12)2)23-18(20-16)9-6-14-4-7-15(8-5-14)19(21)22-3/h4-11H,1-3H3/b9-6+. The van der Waals surface area contributed by atoms with Crippen molar-refractivity contribution in [1.82, 2.24) is 4.98 Å². The Labute approximate surface area is 139 Å². The first-order valence-corrected chi connectivity index (χ1v) is 8.13. The molecular weight excluding hydrogens is 306 g/mol. The van der Waals surface area contributed by atoms with Gasteiger partial charge in [0.05, 0.1) is 22.9 Å². The minimum Gasteiger partial charge on any atom is -0.465 e. The number of rotatable bonds is 3. The van der Waals surface area contributed by atoms with Gasteiger partial charge >= 0.3 is 5.97 Å². The molecule has 1 aromatic heterocycles. The molecule has 0 aliphatic rings. The van der Waals surface area contributed by atoms with Gasteiger partial charge in [0.25, 0.3) is 0 Å². The third-order valence-electron chi connectivity index (χ3n) is 3.77. The fourth-order valence-electron chi connectivity index (χ4n) is 2.28. The number of carbonyl (C=O) groups is 1. The van der Waals surface area contributed by atoms with Crippen LogP contribution in [0.5, 0.6) is 0 Å². The monoisotopic (exact) mass is 323 g/mol. The molecule has 0 bridgehead atoms. The molecule has 1 heterocycles. The van der Waals surface area contributed by atoms with Crippen LogP contribution in [0.3, 0.4) is 0 Å². The Hall–Kier alpha value is -2.46. The van der Waals surface area contributed by atoms with E-state index in [1.165, 1.54) is 22.9 Å². The number of esters is 1. The molecule has 0 radical (unpaired) electrons. The van der Waals surface area contributed by atoms with E-state index in [2.05, 4.69) is 31.0 Å². The smallest absolute Gasteiger partial charge is 0.337 e. The van der Waals surface area contributed by atoms with Gasteiger partial charge in [0.15, 0.2) is 0 Å². The summed E-state index contributed by atoms with van der Waals surface area (Å²) in [5, 5.41) is 0.974. The van der Waals surface area contributed by atoms with Gasteiger partial charge in [-0.15, -0.1) is 11.3 Å². The van der Waals surface area contributed by atoms with Crippen molar-refractivity contribution in [3.63, 3.8) is 0 Å². The predicted molar refractivity (Wildman–Crippen MR) is 95.8 cm³/mol. The van der Waals surface area contributed by atoms with Crippen LogP contribution in [0.4, 0.5) is 0 Å². The number of thiazole rings is 1. The normalized spacial score (nSPS) is 11.3. The predicted octanol–water partition coefficient (Wildman–Crippen LogP) is 4.87. The maximum absolute atomic E-state index is 11.4. The summed E-state index contributed by atoms with van der Waals surface area (Å²) in [7, 11) is 1.38. The third kappa shape index (κ3) is 3.32. The maximum Gasteiger partial charge on any atom is 0.337 e. The highest BCUT2D eigenvalue weighted by Crippen LogP contribution is 2.26. The largest absolute Gasteiger partial charge is 0.465 e. The van der Waals surface area contributed by atoms with Gasteiger partial charge < -0.3 is 4.74 Å². The van der Waals surface area contributed by atoms with Gasteiger partial charge in [-0.25, -0.2) is 9.78 Å². The number of benzene rings is 2. The Kier molecular flexibility index (Phi) is 4.26. The lowest BCUT2D eigenvalue weighted by atomic mass is 10.1. The molecule has 0 amide bonds. The number of hydrogen-bond donors (Lipinski definition) is 0. The van der Waals surface area contributed by atoms with Crippen molar-refractivity contribution < 1.29 is 9.53 Å². The zero-order valence-electron chi connectivity index (χ0n) is 13.3. The maximum atomic E-state index is 11.4. The van der Waals surface area contributed by atoms with Crippen LogP contribution in [0.15, 0.2) is 36.4 Å². The van der Waals surface area contributed by atoms with Crippen LogP contribution >= 0.6 is 11.3 Å². The summed E-state index contributed by atoms with van der Waals surface area (Å²) in [5.41, 5.74) is 5.16. The molecule has 3 aromatic rings. The Balaban J connectivity index is 1.83. The molecule has 0 N–H and O–H groups in total. The molecule has 3 rings (SSSR count).